The number of aromatic nitrogens is 2. The van der Waals surface area contributed by atoms with Crippen LogP contribution in [0.25, 0.3) is 16.8 Å². The van der Waals surface area contributed by atoms with Crippen LogP contribution in [0, 0.1) is 13.8 Å². The number of carbonyl (C=O) groups is 1. The van der Waals surface area contributed by atoms with Gasteiger partial charge in [-0.05, 0) is 67.8 Å². The van der Waals surface area contributed by atoms with E-state index in [4.69, 9.17) is 9.84 Å². The van der Waals surface area contributed by atoms with Crippen LogP contribution in [0.1, 0.15) is 17.0 Å². The van der Waals surface area contributed by atoms with Crippen LogP contribution in [0.2, 0.25) is 0 Å². The molecule has 0 atom stereocenters. The van der Waals surface area contributed by atoms with Gasteiger partial charge in [0.25, 0.3) is 10.0 Å². The molecular weight excluding hydrogens is 476 g/mol. The maximum absolute atomic E-state index is 12.4. The highest BCUT2D eigenvalue weighted by molar-refractivity contribution is 7.90. The number of aryl methyl sites for hydroxylation is 1. The number of ether oxygens (including phenoxy) is 1. The van der Waals surface area contributed by atoms with Crippen molar-refractivity contribution < 1.29 is 17.9 Å². The third kappa shape index (κ3) is 5.58. The van der Waals surface area contributed by atoms with Crippen molar-refractivity contribution in [3.63, 3.8) is 0 Å². The van der Waals surface area contributed by atoms with Crippen molar-refractivity contribution in [2.24, 2.45) is 0 Å². The van der Waals surface area contributed by atoms with Gasteiger partial charge in [0, 0.05) is 17.8 Å². The summed E-state index contributed by atoms with van der Waals surface area (Å²) < 4.78 is 33.7. The molecule has 36 heavy (non-hydrogen) atoms. The predicted octanol–water partition coefficient (Wildman–Crippen LogP) is 4.40. The number of urea groups is 1. The zero-order valence-corrected chi connectivity index (χ0v) is 21.2. The van der Waals surface area contributed by atoms with E-state index < -0.39 is 16.1 Å². The lowest BCUT2D eigenvalue weighted by atomic mass is 10.0. The topological polar surface area (TPSA) is 102 Å². The second-order valence-electron chi connectivity index (χ2n) is 8.28. The largest absolute Gasteiger partial charge is 0.497 e. The van der Waals surface area contributed by atoms with Crippen LogP contribution in [-0.4, -0.2) is 37.9 Å². The molecule has 0 saturated carbocycles. The molecule has 0 radical (unpaired) electrons. The second kappa shape index (κ2) is 10.7. The molecule has 0 fully saturated rings. The molecule has 0 aliphatic rings. The molecule has 9 heteroatoms. The van der Waals surface area contributed by atoms with Crippen LogP contribution >= 0.6 is 0 Å². The fraction of sp³-hybridized carbons (Fsp3) is 0.185. The monoisotopic (exact) mass is 504 g/mol. The lowest BCUT2D eigenvalue weighted by Gasteiger charge is -2.10. The van der Waals surface area contributed by atoms with Gasteiger partial charge >= 0.3 is 6.03 Å². The summed E-state index contributed by atoms with van der Waals surface area (Å²) in [5.41, 5.74) is 6.22. The molecular formula is C27H28N4O4S. The van der Waals surface area contributed by atoms with Crippen molar-refractivity contribution >= 4 is 16.1 Å². The first-order valence-corrected chi connectivity index (χ1v) is 12.9. The Labute approximate surface area is 211 Å². The number of benzene rings is 3. The first kappa shape index (κ1) is 25.0. The maximum atomic E-state index is 12.4. The number of hydrogen-bond donors (Lipinski definition) is 2. The molecule has 0 aliphatic carbocycles. The minimum absolute atomic E-state index is 0.0198. The molecule has 2 N–H and O–H groups in total. The van der Waals surface area contributed by atoms with E-state index in [0.29, 0.717) is 12.2 Å². The Morgan fingerprint density at radius 2 is 1.61 bits per heavy atom. The molecule has 3 aromatic carbocycles. The SMILES string of the molecule is COc1ccc(S(=O)(=O)NC(=O)NCCc2ccc(-n3nc(C)c(-c4ccccc4)c3C)cc2)cc1. The quantitative estimate of drug-likeness (QED) is 0.370. The van der Waals surface area contributed by atoms with E-state index in [0.717, 1.165) is 33.8 Å². The number of methoxy groups -OCH3 is 1. The molecule has 4 aromatic rings. The van der Waals surface area contributed by atoms with E-state index in [-0.39, 0.29) is 11.4 Å². The van der Waals surface area contributed by atoms with Crippen molar-refractivity contribution in [2.75, 3.05) is 13.7 Å². The van der Waals surface area contributed by atoms with Gasteiger partial charge in [-0.15, -0.1) is 0 Å². The van der Waals surface area contributed by atoms with E-state index in [1.165, 1.54) is 31.4 Å². The number of sulfonamides is 1. The average molecular weight is 505 g/mol. The van der Waals surface area contributed by atoms with Crippen LogP contribution in [0.4, 0.5) is 4.79 Å². The Balaban J connectivity index is 1.34. The van der Waals surface area contributed by atoms with Gasteiger partial charge in [-0.25, -0.2) is 22.6 Å². The van der Waals surface area contributed by atoms with Gasteiger partial charge in [-0.1, -0.05) is 42.5 Å². The third-order valence-corrected chi connectivity index (χ3v) is 7.18. The van der Waals surface area contributed by atoms with Gasteiger partial charge in [-0.3, -0.25) is 0 Å². The van der Waals surface area contributed by atoms with Crippen LogP contribution in [-0.2, 0) is 16.4 Å². The zero-order valence-electron chi connectivity index (χ0n) is 20.4. The van der Waals surface area contributed by atoms with Crippen molar-refractivity contribution in [1.82, 2.24) is 19.8 Å². The smallest absolute Gasteiger partial charge is 0.328 e. The Bertz CT molecular complexity index is 1450. The normalized spacial score (nSPS) is 11.2. The van der Waals surface area contributed by atoms with Crippen molar-refractivity contribution in [3.05, 3.63) is 95.8 Å². The molecule has 0 unspecified atom stereocenters. The van der Waals surface area contributed by atoms with Crippen molar-refractivity contribution in [2.45, 2.75) is 25.2 Å². The maximum Gasteiger partial charge on any atom is 0.328 e. The second-order valence-corrected chi connectivity index (χ2v) is 9.96. The Kier molecular flexibility index (Phi) is 7.40. The molecule has 1 heterocycles. The number of nitrogens with zero attached hydrogens (tertiary/aromatic N) is 2. The van der Waals surface area contributed by atoms with Crippen LogP contribution < -0.4 is 14.8 Å². The fourth-order valence-corrected chi connectivity index (χ4v) is 4.94. The van der Waals surface area contributed by atoms with Gasteiger partial charge < -0.3 is 10.1 Å². The molecule has 1 aromatic heterocycles. The van der Waals surface area contributed by atoms with Crippen LogP contribution in [0.15, 0.2) is 83.8 Å². The number of nitrogens with one attached hydrogen (secondary N) is 2. The summed E-state index contributed by atoms with van der Waals surface area (Å²) >= 11 is 0. The minimum Gasteiger partial charge on any atom is -0.497 e. The summed E-state index contributed by atoms with van der Waals surface area (Å²) in [6, 6.07) is 23.1. The molecule has 0 spiro atoms. The van der Waals surface area contributed by atoms with E-state index in [1.807, 2.05) is 58.8 Å². The molecule has 0 aliphatic heterocycles. The summed E-state index contributed by atoms with van der Waals surface area (Å²) in [6.45, 7) is 4.34. The Morgan fingerprint density at radius 3 is 2.25 bits per heavy atom. The summed E-state index contributed by atoms with van der Waals surface area (Å²) in [7, 11) is -2.48. The third-order valence-electron chi connectivity index (χ3n) is 5.83. The van der Waals surface area contributed by atoms with E-state index in [2.05, 4.69) is 24.4 Å². The van der Waals surface area contributed by atoms with Gasteiger partial charge in [0.05, 0.1) is 23.4 Å². The first-order chi connectivity index (χ1) is 17.3. The van der Waals surface area contributed by atoms with E-state index in [9.17, 15) is 13.2 Å². The Hall–Kier alpha value is -4.11. The zero-order chi connectivity index (χ0) is 25.7. The van der Waals surface area contributed by atoms with Crippen molar-refractivity contribution in [1.29, 1.82) is 0 Å². The summed E-state index contributed by atoms with van der Waals surface area (Å²) in [6.07, 6.45) is 0.544. The minimum atomic E-state index is -3.97. The Morgan fingerprint density at radius 1 is 0.944 bits per heavy atom. The molecule has 186 valence electrons. The molecule has 0 bridgehead atoms. The fourth-order valence-electron chi connectivity index (χ4n) is 4.01. The van der Waals surface area contributed by atoms with Gasteiger partial charge in [0.15, 0.2) is 0 Å². The van der Waals surface area contributed by atoms with Crippen LogP contribution in [0.5, 0.6) is 5.75 Å². The van der Waals surface area contributed by atoms with E-state index in [1.54, 1.807) is 0 Å². The highest BCUT2D eigenvalue weighted by atomic mass is 32.2. The molecule has 8 nitrogen and oxygen atoms in total. The van der Waals surface area contributed by atoms with Crippen molar-refractivity contribution in [3.8, 4) is 22.6 Å². The van der Waals surface area contributed by atoms with Gasteiger partial charge in [0.1, 0.15) is 5.75 Å². The summed E-state index contributed by atoms with van der Waals surface area (Å²) in [5, 5.41) is 7.32. The predicted molar refractivity (Wildman–Crippen MR) is 139 cm³/mol. The van der Waals surface area contributed by atoms with Crippen LogP contribution in [0.3, 0.4) is 0 Å². The average Bonchev–Trinajstić information content (AvgIpc) is 3.18. The number of hydrogen-bond acceptors (Lipinski definition) is 5. The molecule has 0 saturated heterocycles. The highest BCUT2D eigenvalue weighted by Crippen LogP contribution is 2.28. The van der Waals surface area contributed by atoms with E-state index >= 15 is 0 Å². The number of carbonyl (C=O) groups excluding carboxylic acids is 1. The summed E-state index contributed by atoms with van der Waals surface area (Å²) in [5.74, 6) is 0.527. The summed E-state index contributed by atoms with van der Waals surface area (Å²) in [4.78, 5) is 12.1. The molecule has 2 amide bonds. The standard InChI is InChI=1S/C27H28N4O4S/c1-19-26(22-7-5-4-6-8-22)20(2)31(29-19)23-11-9-21(10-12-23)17-18-28-27(32)30-36(33,34)25-15-13-24(35-3)14-16-25/h4-16H,17-18H2,1-3H3,(H2,28,30,32). The lowest BCUT2D eigenvalue weighted by Crippen LogP contribution is -2.40. The van der Waals surface area contributed by atoms with Gasteiger partial charge in [-0.2, -0.15) is 5.10 Å². The number of rotatable bonds is 8. The number of amides is 2. The highest BCUT2D eigenvalue weighted by Gasteiger charge is 2.17. The first-order valence-electron chi connectivity index (χ1n) is 11.4. The lowest BCUT2D eigenvalue weighted by molar-refractivity contribution is 0.246. The molecule has 4 rings (SSSR count). The van der Waals surface area contributed by atoms with Gasteiger partial charge in [0.2, 0.25) is 0 Å².